The summed E-state index contributed by atoms with van der Waals surface area (Å²) in [6.45, 7) is 0. The van der Waals surface area contributed by atoms with Gasteiger partial charge in [0.2, 0.25) is 5.78 Å². The monoisotopic (exact) mass is 415 g/mol. The number of aryl methyl sites for hydroxylation is 1. The zero-order valence-corrected chi connectivity index (χ0v) is 16.9. The maximum atomic E-state index is 12.8. The summed E-state index contributed by atoms with van der Waals surface area (Å²) in [4.78, 5) is 25.9. The van der Waals surface area contributed by atoms with E-state index in [4.69, 9.17) is 9.47 Å². The standard InChI is InChI=1S/C24H17NO4S/c1-25-14-15(18-6-2-3-7-20(18)25)11-22-24(27)19-9-8-16(12-21(19)29-22)28-23(26)13-17-5-4-10-30-17/h2-12,14H,13H2,1H3/b22-11-. The first kappa shape index (κ1) is 18.4. The van der Waals surface area contributed by atoms with Gasteiger partial charge in [0.15, 0.2) is 5.76 Å². The minimum atomic E-state index is -0.353. The highest BCUT2D eigenvalue weighted by Gasteiger charge is 2.28. The summed E-state index contributed by atoms with van der Waals surface area (Å²) in [5.41, 5.74) is 2.44. The Kier molecular flexibility index (Phi) is 4.48. The zero-order valence-electron chi connectivity index (χ0n) is 16.1. The molecule has 0 unspecified atom stereocenters. The molecule has 1 aliphatic rings. The van der Waals surface area contributed by atoms with Crippen molar-refractivity contribution in [1.82, 2.24) is 4.57 Å². The first-order valence-corrected chi connectivity index (χ1v) is 10.3. The van der Waals surface area contributed by atoms with Crippen LogP contribution < -0.4 is 9.47 Å². The van der Waals surface area contributed by atoms with Crippen molar-refractivity contribution in [1.29, 1.82) is 0 Å². The van der Waals surface area contributed by atoms with Crippen LogP contribution in [0.25, 0.3) is 17.0 Å². The molecule has 4 aromatic rings. The second kappa shape index (κ2) is 7.31. The summed E-state index contributed by atoms with van der Waals surface area (Å²) in [7, 11) is 1.97. The fourth-order valence-corrected chi connectivity index (χ4v) is 4.27. The van der Waals surface area contributed by atoms with Gasteiger partial charge in [0, 0.05) is 40.7 Å². The highest BCUT2D eigenvalue weighted by molar-refractivity contribution is 7.10. The topological polar surface area (TPSA) is 57.5 Å². The number of allylic oxidation sites excluding steroid dienone is 1. The maximum Gasteiger partial charge on any atom is 0.316 e. The predicted octanol–water partition coefficient (Wildman–Crippen LogP) is 5.00. The average Bonchev–Trinajstić information content (AvgIpc) is 3.43. The minimum absolute atomic E-state index is 0.186. The van der Waals surface area contributed by atoms with Gasteiger partial charge < -0.3 is 14.0 Å². The van der Waals surface area contributed by atoms with Gasteiger partial charge in [-0.15, -0.1) is 11.3 Å². The van der Waals surface area contributed by atoms with Crippen LogP contribution in [-0.2, 0) is 18.3 Å². The Morgan fingerprint density at radius 2 is 2.03 bits per heavy atom. The predicted molar refractivity (Wildman–Crippen MR) is 116 cm³/mol. The number of aromatic nitrogens is 1. The largest absolute Gasteiger partial charge is 0.452 e. The van der Waals surface area contributed by atoms with Crippen LogP contribution in [0.1, 0.15) is 20.8 Å². The Balaban J connectivity index is 1.39. The van der Waals surface area contributed by atoms with E-state index in [1.165, 1.54) is 11.3 Å². The number of Topliss-reactive ketones (excluding diaryl/α,β-unsaturated/α-hetero) is 1. The summed E-state index contributed by atoms with van der Waals surface area (Å²) in [5, 5.41) is 2.96. The van der Waals surface area contributed by atoms with Gasteiger partial charge in [-0.3, -0.25) is 9.59 Å². The third kappa shape index (κ3) is 3.31. The number of nitrogens with zero attached hydrogens (tertiary/aromatic N) is 1. The Labute approximate surface area is 176 Å². The number of esters is 1. The molecule has 0 saturated heterocycles. The number of hydrogen-bond acceptors (Lipinski definition) is 5. The zero-order chi connectivity index (χ0) is 20.7. The fraction of sp³-hybridized carbons (Fsp3) is 0.0833. The molecular formula is C24H17NO4S. The third-order valence-corrected chi connectivity index (χ3v) is 5.86. The molecule has 5 rings (SSSR count). The lowest BCUT2D eigenvalue weighted by molar-refractivity contribution is -0.133. The molecule has 0 fully saturated rings. The van der Waals surface area contributed by atoms with Crippen molar-refractivity contribution < 1.29 is 19.1 Å². The maximum absolute atomic E-state index is 12.8. The van der Waals surface area contributed by atoms with Crippen molar-refractivity contribution in [2.24, 2.45) is 7.05 Å². The molecule has 0 atom stereocenters. The number of para-hydroxylation sites is 1. The SMILES string of the molecule is Cn1cc(/C=C2\Oc3cc(OC(=O)Cc4cccs4)ccc3C2=O)c2ccccc21. The summed E-state index contributed by atoms with van der Waals surface area (Å²) in [6, 6.07) is 16.6. The number of rotatable bonds is 4. The van der Waals surface area contributed by atoms with E-state index >= 15 is 0 Å². The van der Waals surface area contributed by atoms with Crippen LogP contribution in [0.3, 0.4) is 0 Å². The quantitative estimate of drug-likeness (QED) is 0.267. The third-order valence-electron chi connectivity index (χ3n) is 4.99. The number of carbonyl (C=O) groups excluding carboxylic acids is 2. The lowest BCUT2D eigenvalue weighted by atomic mass is 10.1. The van der Waals surface area contributed by atoms with Gasteiger partial charge in [0.1, 0.15) is 11.5 Å². The van der Waals surface area contributed by atoms with E-state index in [1.54, 1.807) is 24.3 Å². The van der Waals surface area contributed by atoms with E-state index in [9.17, 15) is 9.59 Å². The number of ketones is 1. The normalized spacial score (nSPS) is 14.2. The van der Waals surface area contributed by atoms with E-state index < -0.39 is 0 Å². The number of ether oxygens (including phenoxy) is 2. The molecule has 30 heavy (non-hydrogen) atoms. The number of hydrogen-bond donors (Lipinski definition) is 0. The van der Waals surface area contributed by atoms with Crippen LogP contribution in [0.5, 0.6) is 11.5 Å². The van der Waals surface area contributed by atoms with Crippen molar-refractivity contribution in [2.45, 2.75) is 6.42 Å². The van der Waals surface area contributed by atoms with E-state index in [2.05, 4.69) is 0 Å². The van der Waals surface area contributed by atoms with E-state index in [-0.39, 0.29) is 23.9 Å². The Hall–Kier alpha value is -3.64. The molecule has 5 nitrogen and oxygen atoms in total. The number of thiophene rings is 1. The minimum Gasteiger partial charge on any atom is -0.452 e. The van der Waals surface area contributed by atoms with Gasteiger partial charge in [-0.2, -0.15) is 0 Å². The molecule has 2 aromatic heterocycles. The molecule has 0 N–H and O–H groups in total. The molecule has 3 heterocycles. The number of carbonyl (C=O) groups is 2. The highest BCUT2D eigenvalue weighted by Crippen LogP contribution is 2.35. The van der Waals surface area contributed by atoms with Crippen LogP contribution >= 0.6 is 11.3 Å². The van der Waals surface area contributed by atoms with E-state index in [1.807, 2.05) is 59.6 Å². The van der Waals surface area contributed by atoms with Crippen molar-refractivity contribution in [2.75, 3.05) is 0 Å². The second-order valence-electron chi connectivity index (χ2n) is 7.04. The van der Waals surface area contributed by atoms with Gasteiger partial charge in [-0.05, 0) is 35.7 Å². The molecule has 0 saturated carbocycles. The van der Waals surface area contributed by atoms with Crippen molar-refractivity contribution >= 4 is 40.1 Å². The lowest BCUT2D eigenvalue weighted by Crippen LogP contribution is -2.10. The van der Waals surface area contributed by atoms with Crippen LogP contribution in [0.2, 0.25) is 0 Å². The number of fused-ring (bicyclic) bond motifs is 2. The Bertz CT molecular complexity index is 1310. The summed E-state index contributed by atoms with van der Waals surface area (Å²) in [6.07, 6.45) is 3.93. The van der Waals surface area contributed by atoms with Crippen molar-refractivity contribution in [3.8, 4) is 11.5 Å². The summed E-state index contributed by atoms with van der Waals surface area (Å²) in [5.74, 6) is 0.466. The van der Waals surface area contributed by atoms with Gasteiger partial charge >= 0.3 is 5.97 Å². The summed E-state index contributed by atoms with van der Waals surface area (Å²) < 4.78 is 13.3. The molecule has 148 valence electrons. The molecule has 2 aromatic carbocycles. The molecule has 0 bridgehead atoms. The average molecular weight is 415 g/mol. The van der Waals surface area contributed by atoms with Crippen molar-refractivity contribution in [3.63, 3.8) is 0 Å². The molecule has 1 aliphatic heterocycles. The van der Waals surface area contributed by atoms with Crippen LogP contribution in [-0.4, -0.2) is 16.3 Å². The first-order valence-electron chi connectivity index (χ1n) is 9.44. The van der Waals surface area contributed by atoms with Crippen molar-refractivity contribution in [3.05, 3.63) is 87.9 Å². The smallest absolute Gasteiger partial charge is 0.316 e. The Morgan fingerprint density at radius 3 is 2.87 bits per heavy atom. The van der Waals surface area contributed by atoms with Gasteiger partial charge in [0.25, 0.3) is 0 Å². The van der Waals surface area contributed by atoms with E-state index in [0.717, 1.165) is 21.3 Å². The molecular weight excluding hydrogens is 398 g/mol. The fourth-order valence-electron chi connectivity index (χ4n) is 3.58. The van der Waals surface area contributed by atoms with Crippen LogP contribution in [0.4, 0.5) is 0 Å². The first-order chi connectivity index (χ1) is 14.6. The molecule has 0 radical (unpaired) electrons. The number of benzene rings is 2. The second-order valence-corrected chi connectivity index (χ2v) is 8.07. The molecule has 6 heteroatoms. The highest BCUT2D eigenvalue weighted by atomic mass is 32.1. The summed E-state index contributed by atoms with van der Waals surface area (Å²) >= 11 is 1.51. The molecule has 0 aliphatic carbocycles. The molecule has 0 spiro atoms. The van der Waals surface area contributed by atoms with Gasteiger partial charge in [-0.1, -0.05) is 24.3 Å². The van der Waals surface area contributed by atoms with Crippen LogP contribution in [0.15, 0.2) is 71.9 Å². The Morgan fingerprint density at radius 1 is 1.17 bits per heavy atom. The van der Waals surface area contributed by atoms with Gasteiger partial charge in [0.05, 0.1) is 12.0 Å². The van der Waals surface area contributed by atoms with Crippen LogP contribution in [0, 0.1) is 0 Å². The lowest BCUT2D eigenvalue weighted by Gasteiger charge is -2.05. The van der Waals surface area contributed by atoms with Gasteiger partial charge in [-0.25, -0.2) is 0 Å². The van der Waals surface area contributed by atoms with E-state index in [0.29, 0.717) is 17.1 Å². The molecule has 0 amide bonds.